The SMILES string of the molecule is C/C(=N/NC(=O)c1ccc(N)cc1)c1cccc2ccccc12. The summed E-state index contributed by atoms with van der Waals surface area (Å²) < 4.78 is 0. The maximum Gasteiger partial charge on any atom is 0.271 e. The number of rotatable bonds is 3. The molecule has 114 valence electrons. The van der Waals surface area contributed by atoms with Gasteiger partial charge < -0.3 is 5.73 Å². The van der Waals surface area contributed by atoms with E-state index in [1.165, 1.54) is 0 Å². The van der Waals surface area contributed by atoms with E-state index in [9.17, 15) is 4.79 Å². The first-order valence-corrected chi connectivity index (χ1v) is 7.33. The van der Waals surface area contributed by atoms with Crippen LogP contribution in [0.3, 0.4) is 0 Å². The molecule has 0 fully saturated rings. The molecule has 0 unspecified atom stereocenters. The van der Waals surface area contributed by atoms with Crippen LogP contribution in [-0.4, -0.2) is 11.6 Å². The first-order valence-electron chi connectivity index (χ1n) is 7.33. The van der Waals surface area contributed by atoms with Crippen LogP contribution in [0.4, 0.5) is 5.69 Å². The van der Waals surface area contributed by atoms with Crippen molar-refractivity contribution in [2.75, 3.05) is 5.73 Å². The van der Waals surface area contributed by atoms with Gasteiger partial charge in [-0.2, -0.15) is 5.10 Å². The van der Waals surface area contributed by atoms with Crippen LogP contribution in [0.2, 0.25) is 0 Å². The second-order valence-corrected chi connectivity index (χ2v) is 5.29. The number of nitrogens with one attached hydrogen (secondary N) is 1. The van der Waals surface area contributed by atoms with Crippen LogP contribution < -0.4 is 11.2 Å². The summed E-state index contributed by atoms with van der Waals surface area (Å²) in [5.41, 5.74) is 11.1. The number of hydrogen-bond donors (Lipinski definition) is 2. The molecule has 0 saturated carbocycles. The zero-order valence-electron chi connectivity index (χ0n) is 12.8. The molecule has 0 atom stereocenters. The number of hydrazone groups is 1. The van der Waals surface area contributed by atoms with Crippen molar-refractivity contribution in [3.05, 3.63) is 77.9 Å². The fourth-order valence-corrected chi connectivity index (χ4v) is 2.43. The summed E-state index contributed by atoms with van der Waals surface area (Å²) in [5, 5.41) is 6.48. The van der Waals surface area contributed by atoms with E-state index in [4.69, 9.17) is 5.73 Å². The number of hydrogen-bond acceptors (Lipinski definition) is 3. The van der Waals surface area contributed by atoms with E-state index >= 15 is 0 Å². The molecule has 4 heteroatoms. The van der Waals surface area contributed by atoms with Crippen molar-refractivity contribution in [1.29, 1.82) is 0 Å². The molecule has 0 bridgehead atoms. The molecule has 0 aliphatic heterocycles. The summed E-state index contributed by atoms with van der Waals surface area (Å²) in [6, 6.07) is 20.9. The minimum Gasteiger partial charge on any atom is -0.399 e. The van der Waals surface area contributed by atoms with Gasteiger partial charge in [0.15, 0.2) is 0 Å². The zero-order chi connectivity index (χ0) is 16.2. The summed E-state index contributed by atoms with van der Waals surface area (Å²) in [6.45, 7) is 1.88. The molecular weight excluding hydrogens is 286 g/mol. The number of carbonyl (C=O) groups is 1. The second-order valence-electron chi connectivity index (χ2n) is 5.29. The average molecular weight is 303 g/mol. The van der Waals surface area contributed by atoms with E-state index in [0.29, 0.717) is 11.3 Å². The van der Waals surface area contributed by atoms with Crippen molar-refractivity contribution in [3.8, 4) is 0 Å². The van der Waals surface area contributed by atoms with Gasteiger partial charge in [0.05, 0.1) is 5.71 Å². The largest absolute Gasteiger partial charge is 0.399 e. The average Bonchev–Trinajstić information content (AvgIpc) is 2.59. The quantitative estimate of drug-likeness (QED) is 0.441. The Kier molecular flexibility index (Phi) is 4.06. The van der Waals surface area contributed by atoms with Crippen LogP contribution >= 0.6 is 0 Å². The second kappa shape index (κ2) is 6.32. The third-order valence-corrected chi connectivity index (χ3v) is 3.68. The van der Waals surface area contributed by atoms with E-state index in [0.717, 1.165) is 22.0 Å². The van der Waals surface area contributed by atoms with E-state index in [1.54, 1.807) is 24.3 Å². The van der Waals surface area contributed by atoms with Gasteiger partial charge >= 0.3 is 0 Å². The lowest BCUT2D eigenvalue weighted by Gasteiger charge is -2.07. The molecule has 23 heavy (non-hydrogen) atoms. The van der Waals surface area contributed by atoms with Crippen LogP contribution in [0.25, 0.3) is 10.8 Å². The maximum absolute atomic E-state index is 12.1. The number of nitrogens with zero attached hydrogens (tertiary/aromatic N) is 1. The summed E-state index contributed by atoms with van der Waals surface area (Å²) >= 11 is 0. The zero-order valence-corrected chi connectivity index (χ0v) is 12.8. The van der Waals surface area contributed by atoms with Crippen molar-refractivity contribution in [1.82, 2.24) is 5.43 Å². The highest BCUT2D eigenvalue weighted by Crippen LogP contribution is 2.19. The van der Waals surface area contributed by atoms with Gasteiger partial charge in [0.1, 0.15) is 0 Å². The number of carbonyl (C=O) groups excluding carboxylic acids is 1. The lowest BCUT2D eigenvalue weighted by molar-refractivity contribution is 0.0955. The van der Waals surface area contributed by atoms with Gasteiger partial charge in [-0.25, -0.2) is 5.43 Å². The Balaban J connectivity index is 1.84. The van der Waals surface area contributed by atoms with Crippen LogP contribution in [0.5, 0.6) is 0 Å². The third kappa shape index (κ3) is 3.21. The summed E-state index contributed by atoms with van der Waals surface area (Å²) in [6.07, 6.45) is 0. The number of nitrogen functional groups attached to an aromatic ring is 1. The van der Waals surface area contributed by atoms with Crippen molar-refractivity contribution >= 4 is 28.1 Å². The van der Waals surface area contributed by atoms with Gasteiger partial charge in [-0.15, -0.1) is 0 Å². The normalized spacial score (nSPS) is 11.4. The van der Waals surface area contributed by atoms with Gasteiger partial charge in [0.25, 0.3) is 5.91 Å². The molecular formula is C19H17N3O. The van der Waals surface area contributed by atoms with Gasteiger partial charge in [-0.1, -0.05) is 42.5 Å². The highest BCUT2D eigenvalue weighted by molar-refractivity contribution is 6.10. The van der Waals surface area contributed by atoms with Gasteiger partial charge in [-0.05, 0) is 42.0 Å². The molecule has 4 nitrogen and oxygen atoms in total. The first kappa shape index (κ1) is 14.8. The number of fused-ring (bicyclic) bond motifs is 1. The molecule has 3 aromatic rings. The van der Waals surface area contributed by atoms with Crippen molar-refractivity contribution in [2.45, 2.75) is 6.92 Å². The standard InChI is InChI=1S/C19H17N3O/c1-13(17-8-4-6-14-5-2-3-7-18(14)17)21-22-19(23)15-9-11-16(20)12-10-15/h2-12H,20H2,1H3,(H,22,23)/b21-13-. The van der Waals surface area contributed by atoms with Gasteiger partial charge in [-0.3, -0.25) is 4.79 Å². The van der Waals surface area contributed by atoms with Gasteiger partial charge in [0, 0.05) is 16.8 Å². The van der Waals surface area contributed by atoms with Crippen molar-refractivity contribution in [2.24, 2.45) is 5.10 Å². The summed E-state index contributed by atoms with van der Waals surface area (Å²) in [7, 11) is 0. The van der Waals surface area contributed by atoms with E-state index in [2.05, 4.69) is 22.7 Å². The Morgan fingerprint density at radius 2 is 1.65 bits per heavy atom. The topological polar surface area (TPSA) is 67.5 Å². The Labute approximate surface area is 134 Å². The van der Waals surface area contributed by atoms with Crippen LogP contribution in [0.15, 0.2) is 71.8 Å². The first-order chi connectivity index (χ1) is 11.1. The van der Waals surface area contributed by atoms with Gasteiger partial charge in [0.2, 0.25) is 0 Å². The molecule has 0 saturated heterocycles. The third-order valence-electron chi connectivity index (χ3n) is 3.68. The lowest BCUT2D eigenvalue weighted by atomic mass is 10.0. The van der Waals surface area contributed by atoms with Crippen LogP contribution in [-0.2, 0) is 0 Å². The van der Waals surface area contributed by atoms with Crippen LogP contribution in [0, 0.1) is 0 Å². The van der Waals surface area contributed by atoms with Crippen molar-refractivity contribution in [3.63, 3.8) is 0 Å². The fourth-order valence-electron chi connectivity index (χ4n) is 2.43. The summed E-state index contributed by atoms with van der Waals surface area (Å²) in [4.78, 5) is 12.1. The van der Waals surface area contributed by atoms with E-state index < -0.39 is 0 Å². The highest BCUT2D eigenvalue weighted by atomic mass is 16.2. The molecule has 0 aromatic heterocycles. The molecule has 0 aliphatic carbocycles. The molecule has 0 heterocycles. The Bertz CT molecular complexity index is 877. The number of nitrogens with two attached hydrogens (primary N) is 1. The molecule has 3 rings (SSSR count). The predicted octanol–water partition coefficient (Wildman–Crippen LogP) is 3.58. The van der Waals surface area contributed by atoms with E-state index in [-0.39, 0.29) is 5.91 Å². The number of amides is 1. The highest BCUT2D eigenvalue weighted by Gasteiger charge is 2.06. The maximum atomic E-state index is 12.1. The minimum absolute atomic E-state index is 0.260. The predicted molar refractivity (Wildman–Crippen MR) is 94.5 cm³/mol. The number of benzene rings is 3. The molecule has 0 aliphatic rings. The molecule has 0 spiro atoms. The minimum atomic E-state index is -0.260. The Hall–Kier alpha value is -3.14. The molecule has 1 amide bonds. The fraction of sp³-hybridized carbons (Fsp3) is 0.0526. The molecule has 0 radical (unpaired) electrons. The smallest absolute Gasteiger partial charge is 0.271 e. The van der Waals surface area contributed by atoms with E-state index in [1.807, 2.05) is 37.3 Å². The summed E-state index contributed by atoms with van der Waals surface area (Å²) in [5.74, 6) is -0.260. The number of anilines is 1. The molecule has 3 N–H and O–H groups in total. The Morgan fingerprint density at radius 1 is 0.957 bits per heavy atom. The van der Waals surface area contributed by atoms with Crippen LogP contribution in [0.1, 0.15) is 22.8 Å². The monoisotopic (exact) mass is 303 g/mol. The Morgan fingerprint density at radius 3 is 2.43 bits per heavy atom. The van der Waals surface area contributed by atoms with Crippen molar-refractivity contribution < 1.29 is 4.79 Å². The molecule has 3 aromatic carbocycles. The lowest BCUT2D eigenvalue weighted by Crippen LogP contribution is -2.19.